The molecule has 0 aliphatic rings. The lowest BCUT2D eigenvalue weighted by Gasteiger charge is -2.07. The van der Waals surface area contributed by atoms with Gasteiger partial charge in [-0.15, -0.1) is 0 Å². The van der Waals surface area contributed by atoms with Gasteiger partial charge in [0.05, 0.1) is 12.4 Å². The summed E-state index contributed by atoms with van der Waals surface area (Å²) in [6.45, 7) is 3.99. The van der Waals surface area contributed by atoms with Crippen LogP contribution in [0.1, 0.15) is 18.4 Å². The Kier molecular flexibility index (Phi) is 2.70. The molecule has 3 aromatic rings. The number of hydrogen-bond donors (Lipinski definition) is 0. The van der Waals surface area contributed by atoms with E-state index in [1.807, 2.05) is 42.8 Å². The minimum Gasteiger partial charge on any atom is -0.234 e. The van der Waals surface area contributed by atoms with Gasteiger partial charge in [-0.3, -0.25) is 0 Å². The van der Waals surface area contributed by atoms with Gasteiger partial charge in [0.1, 0.15) is 5.69 Å². The summed E-state index contributed by atoms with van der Waals surface area (Å²) in [5.74, 6) is 0.616. The molecular weight excluding hydrogens is 239 g/mol. The second-order valence-electron chi connectivity index (χ2n) is 4.83. The zero-order chi connectivity index (χ0) is 13.6. The Hall–Kier alpha value is -2.03. The molecule has 1 heterocycles. The van der Waals surface area contributed by atoms with Crippen LogP contribution in [0.2, 0.25) is 0 Å². The van der Waals surface area contributed by atoms with E-state index in [0.717, 1.165) is 28.7 Å². The van der Waals surface area contributed by atoms with Crippen LogP contribution in [-0.4, -0.2) is 4.98 Å². The number of benzene rings is 2. The monoisotopic (exact) mass is 255 g/mol. The molecule has 0 N–H and O–H groups in total. The van der Waals surface area contributed by atoms with E-state index < -0.39 is 0 Å². The third-order valence-electron chi connectivity index (χ3n) is 3.77. The lowest BCUT2D eigenvalue weighted by Crippen LogP contribution is -2.38. The van der Waals surface area contributed by atoms with E-state index in [-0.39, 0.29) is 5.82 Å². The molecule has 2 nitrogen and oxygen atoms in total. The maximum Gasteiger partial charge on any atom is 0.296 e. The molecule has 2 aromatic carbocycles. The highest BCUT2D eigenvalue weighted by Crippen LogP contribution is 2.27. The van der Waals surface area contributed by atoms with Gasteiger partial charge in [0.2, 0.25) is 5.52 Å². The molecule has 1 aromatic heterocycles. The van der Waals surface area contributed by atoms with Gasteiger partial charge < -0.3 is 0 Å². The molecule has 0 unspecified atom stereocenters. The van der Waals surface area contributed by atoms with Gasteiger partial charge in [-0.2, -0.15) is 0 Å². The standard InChI is InChI=1S/C16H16FN2/c1-4-14-13-9-11-7-5-6-8-12(11)15(17)16(13)18-10(2)19(14)3/h5-9H,4H2,1-3H3/q+1. The van der Waals surface area contributed by atoms with E-state index in [1.54, 1.807) is 6.07 Å². The van der Waals surface area contributed by atoms with Crippen LogP contribution >= 0.6 is 0 Å². The zero-order valence-corrected chi connectivity index (χ0v) is 11.4. The van der Waals surface area contributed by atoms with Gasteiger partial charge in [0.15, 0.2) is 5.82 Å². The molecule has 3 rings (SSSR count). The third kappa shape index (κ3) is 1.69. The minimum absolute atomic E-state index is 0.216. The Morgan fingerprint density at radius 1 is 1.21 bits per heavy atom. The van der Waals surface area contributed by atoms with E-state index in [0.29, 0.717) is 10.9 Å². The van der Waals surface area contributed by atoms with Crippen molar-refractivity contribution in [2.75, 3.05) is 0 Å². The number of aromatic nitrogens is 2. The third-order valence-corrected chi connectivity index (χ3v) is 3.77. The van der Waals surface area contributed by atoms with Crippen LogP contribution < -0.4 is 4.57 Å². The van der Waals surface area contributed by atoms with E-state index in [1.165, 1.54) is 0 Å². The van der Waals surface area contributed by atoms with Gasteiger partial charge in [0.25, 0.3) is 5.82 Å². The fourth-order valence-electron chi connectivity index (χ4n) is 2.66. The highest BCUT2D eigenvalue weighted by atomic mass is 19.1. The number of aryl methyl sites for hydroxylation is 2. The summed E-state index contributed by atoms with van der Waals surface area (Å²) in [5.41, 5.74) is 1.60. The van der Waals surface area contributed by atoms with Crippen LogP contribution in [0.3, 0.4) is 0 Å². The number of nitrogens with zero attached hydrogens (tertiary/aromatic N) is 2. The highest BCUT2D eigenvalue weighted by Gasteiger charge is 2.20. The predicted octanol–water partition coefficient (Wildman–Crippen LogP) is 3.22. The molecule has 0 fully saturated rings. The van der Waals surface area contributed by atoms with Crippen molar-refractivity contribution in [3.8, 4) is 0 Å². The van der Waals surface area contributed by atoms with E-state index in [9.17, 15) is 4.39 Å². The molecule has 0 bridgehead atoms. The molecule has 3 heteroatoms. The lowest BCUT2D eigenvalue weighted by atomic mass is 10.0. The molecule has 96 valence electrons. The molecule has 0 amide bonds. The normalized spacial score (nSPS) is 11.4. The SMILES string of the molecule is CCc1c2cc3ccccc3c(F)c2nc(C)[n+]1C. The molecule has 19 heavy (non-hydrogen) atoms. The maximum atomic E-state index is 14.6. The highest BCUT2D eigenvalue weighted by molar-refractivity contribution is 5.97. The summed E-state index contributed by atoms with van der Waals surface area (Å²) in [4.78, 5) is 4.42. The molecule has 0 aliphatic heterocycles. The first-order valence-corrected chi connectivity index (χ1v) is 6.50. The minimum atomic E-state index is -0.216. The van der Waals surface area contributed by atoms with Gasteiger partial charge in [-0.25, -0.2) is 8.96 Å². The number of halogens is 1. The molecule has 0 radical (unpaired) electrons. The quantitative estimate of drug-likeness (QED) is 0.482. The summed E-state index contributed by atoms with van der Waals surface area (Å²) in [6, 6.07) is 9.57. The largest absolute Gasteiger partial charge is 0.296 e. The summed E-state index contributed by atoms with van der Waals surface area (Å²) in [6.07, 6.45) is 0.855. The van der Waals surface area contributed by atoms with E-state index >= 15 is 0 Å². The van der Waals surface area contributed by atoms with Crippen LogP contribution in [0, 0.1) is 12.7 Å². The average Bonchev–Trinajstić information content (AvgIpc) is 2.42. The van der Waals surface area contributed by atoms with Crippen molar-refractivity contribution in [3.63, 3.8) is 0 Å². The van der Waals surface area contributed by atoms with Gasteiger partial charge in [0, 0.05) is 18.7 Å². The molecule has 0 atom stereocenters. The summed E-state index contributed by atoms with van der Waals surface area (Å²) < 4.78 is 16.7. The topological polar surface area (TPSA) is 16.8 Å². The van der Waals surface area contributed by atoms with Crippen molar-refractivity contribution in [3.05, 3.63) is 47.7 Å². The van der Waals surface area contributed by atoms with Crippen molar-refractivity contribution >= 4 is 21.7 Å². The Morgan fingerprint density at radius 2 is 1.95 bits per heavy atom. The lowest BCUT2D eigenvalue weighted by molar-refractivity contribution is -0.686. The number of fused-ring (bicyclic) bond motifs is 2. The van der Waals surface area contributed by atoms with Crippen LogP contribution in [0.15, 0.2) is 30.3 Å². The van der Waals surface area contributed by atoms with Crippen molar-refractivity contribution in [2.45, 2.75) is 20.3 Å². The second kappa shape index (κ2) is 4.26. The summed E-state index contributed by atoms with van der Waals surface area (Å²) >= 11 is 0. The van der Waals surface area contributed by atoms with Gasteiger partial charge >= 0.3 is 0 Å². The number of hydrogen-bond acceptors (Lipinski definition) is 1. The van der Waals surface area contributed by atoms with Crippen molar-refractivity contribution in [1.82, 2.24) is 4.98 Å². The number of rotatable bonds is 1. The van der Waals surface area contributed by atoms with Crippen LogP contribution in [-0.2, 0) is 13.5 Å². The Balaban J connectivity index is 2.58. The first-order chi connectivity index (χ1) is 9.13. The first kappa shape index (κ1) is 12.0. The van der Waals surface area contributed by atoms with Gasteiger partial charge in [-0.1, -0.05) is 31.2 Å². The molecule has 0 saturated heterocycles. The van der Waals surface area contributed by atoms with Crippen molar-refractivity contribution < 1.29 is 8.96 Å². The summed E-state index contributed by atoms with van der Waals surface area (Å²) in [7, 11) is 1.98. The molecule has 0 spiro atoms. The molecular formula is C16H16FN2+. The average molecular weight is 255 g/mol. The summed E-state index contributed by atoms with van der Waals surface area (Å²) in [5, 5.41) is 2.47. The van der Waals surface area contributed by atoms with Crippen molar-refractivity contribution in [1.29, 1.82) is 0 Å². The molecule has 0 aliphatic carbocycles. The van der Waals surface area contributed by atoms with Crippen LogP contribution in [0.4, 0.5) is 4.39 Å². The Morgan fingerprint density at radius 3 is 2.68 bits per heavy atom. The zero-order valence-electron chi connectivity index (χ0n) is 11.4. The maximum absolute atomic E-state index is 14.6. The smallest absolute Gasteiger partial charge is 0.234 e. The second-order valence-corrected chi connectivity index (χ2v) is 4.83. The first-order valence-electron chi connectivity index (χ1n) is 6.50. The Labute approximate surface area is 111 Å². The molecule has 0 saturated carbocycles. The fraction of sp³-hybridized carbons (Fsp3) is 0.250. The van der Waals surface area contributed by atoms with Crippen LogP contribution in [0.5, 0.6) is 0 Å². The van der Waals surface area contributed by atoms with Crippen molar-refractivity contribution in [2.24, 2.45) is 7.05 Å². The Bertz CT molecular complexity index is 794. The van der Waals surface area contributed by atoms with E-state index in [4.69, 9.17) is 0 Å². The van der Waals surface area contributed by atoms with Crippen LogP contribution in [0.25, 0.3) is 21.7 Å². The predicted molar refractivity (Wildman–Crippen MR) is 74.5 cm³/mol. The fourth-order valence-corrected chi connectivity index (χ4v) is 2.66. The van der Waals surface area contributed by atoms with E-state index in [2.05, 4.69) is 11.9 Å². The van der Waals surface area contributed by atoms with Gasteiger partial charge in [-0.05, 0) is 16.4 Å².